The number of aliphatic imine (C=N–C) groups is 1. The minimum atomic E-state index is -0.766. The van der Waals surface area contributed by atoms with Gasteiger partial charge in [-0.1, -0.05) is 48.5 Å². The summed E-state index contributed by atoms with van der Waals surface area (Å²) >= 11 is 0. The molecule has 11 heteroatoms. The number of para-hydroxylation sites is 1. The van der Waals surface area contributed by atoms with Gasteiger partial charge >= 0.3 is 0 Å². The van der Waals surface area contributed by atoms with E-state index in [0.29, 0.717) is 48.9 Å². The molecule has 3 rings (SSSR count). The summed E-state index contributed by atoms with van der Waals surface area (Å²) in [6.07, 6.45) is 3.83. The van der Waals surface area contributed by atoms with E-state index in [2.05, 4.69) is 27.7 Å². The van der Waals surface area contributed by atoms with E-state index in [9.17, 15) is 9.59 Å². The van der Waals surface area contributed by atoms with Gasteiger partial charge in [0.05, 0.1) is 56.7 Å². The van der Waals surface area contributed by atoms with Crippen LogP contribution in [0.1, 0.15) is 24.8 Å². The minimum Gasteiger partial charge on any atom is -0.370 e. The summed E-state index contributed by atoms with van der Waals surface area (Å²) in [5, 5.41) is 6.73. The van der Waals surface area contributed by atoms with Gasteiger partial charge in [-0.2, -0.15) is 0 Å². The molecule has 0 spiro atoms. The molecule has 1 unspecified atom stereocenters. The van der Waals surface area contributed by atoms with Crippen molar-refractivity contribution in [3.05, 3.63) is 72.4 Å². The van der Waals surface area contributed by atoms with Crippen LogP contribution in [0.15, 0.2) is 71.9 Å². The van der Waals surface area contributed by atoms with Crippen molar-refractivity contribution < 1.29 is 14.1 Å². The van der Waals surface area contributed by atoms with Gasteiger partial charge in [-0.3, -0.25) is 14.6 Å². The highest BCUT2D eigenvalue weighted by atomic mass is 16.2. The first-order valence-corrected chi connectivity index (χ1v) is 14.0. The largest absolute Gasteiger partial charge is 0.370 e. The fourth-order valence-corrected chi connectivity index (χ4v) is 4.76. The molecule has 1 aromatic heterocycles. The third kappa shape index (κ3) is 10.5. The summed E-state index contributed by atoms with van der Waals surface area (Å²) in [5.41, 5.74) is 25.5. The summed E-state index contributed by atoms with van der Waals surface area (Å²) in [4.78, 5) is 35.0. The number of quaternary nitrogens is 1. The average molecular weight is 563 g/mol. The van der Waals surface area contributed by atoms with E-state index in [-0.39, 0.29) is 17.8 Å². The Kier molecular flexibility index (Phi) is 12.0. The van der Waals surface area contributed by atoms with Crippen molar-refractivity contribution in [3.8, 4) is 0 Å². The van der Waals surface area contributed by atoms with Crippen molar-refractivity contribution in [1.29, 1.82) is 0 Å². The van der Waals surface area contributed by atoms with Gasteiger partial charge in [0.2, 0.25) is 11.8 Å². The van der Waals surface area contributed by atoms with Crippen molar-refractivity contribution in [3.63, 3.8) is 0 Å². The predicted octanol–water partition coefficient (Wildman–Crippen LogP) is 1.08. The van der Waals surface area contributed by atoms with Crippen molar-refractivity contribution in [2.75, 3.05) is 45.1 Å². The molecule has 0 bridgehead atoms. The second-order valence-corrected chi connectivity index (χ2v) is 10.6. The number of guanidine groups is 1. The maximum absolute atomic E-state index is 13.4. The molecule has 1 heterocycles. The third-order valence-electron chi connectivity index (χ3n) is 7.21. The molecule has 0 radical (unpaired) electrons. The molecule has 0 fully saturated rings. The fourth-order valence-electron chi connectivity index (χ4n) is 4.76. The number of aromatic nitrogens is 1. The molecule has 2 aromatic carbocycles. The van der Waals surface area contributed by atoms with E-state index >= 15 is 0 Å². The van der Waals surface area contributed by atoms with Gasteiger partial charge in [0, 0.05) is 11.9 Å². The zero-order valence-corrected chi connectivity index (χ0v) is 23.8. The first-order valence-electron chi connectivity index (χ1n) is 14.0. The standard InChI is InChI=1S/C30H43N9O2/c1-39(18-15-31,19-16-35-30(33)34)17-7-11-25(32)28(40)38-27(14-13-22-8-3-2-4-9-22)29(41)37-24-20-23-10-5-6-12-26(23)36-21-24/h2-6,8-10,12,20-21,25,27H,7,11,13-19,31-32H2,1H3,(H5-,33,34,35,37,38,40,41)/p+1/t25-,27+,39?/m0/s1. The second-order valence-electron chi connectivity index (χ2n) is 10.6. The summed E-state index contributed by atoms with van der Waals surface area (Å²) in [5.74, 6) is -0.611. The highest BCUT2D eigenvalue weighted by Crippen LogP contribution is 2.17. The number of amides is 2. The highest BCUT2D eigenvalue weighted by molar-refractivity contribution is 5.98. The van der Waals surface area contributed by atoms with Crippen molar-refractivity contribution in [2.45, 2.75) is 37.8 Å². The number of hydrogen-bond acceptors (Lipinski definition) is 6. The van der Waals surface area contributed by atoms with Crippen LogP contribution in [0.4, 0.5) is 5.69 Å². The number of likely N-dealkylation sites (N-methyl/N-ethyl adjacent to an activating group) is 1. The Morgan fingerprint density at radius 2 is 1.71 bits per heavy atom. The lowest BCUT2D eigenvalue weighted by Gasteiger charge is -2.34. The molecule has 3 atom stereocenters. The van der Waals surface area contributed by atoms with Crippen LogP contribution in [0.5, 0.6) is 0 Å². The minimum absolute atomic E-state index is 0.0609. The number of nitrogens with one attached hydrogen (secondary N) is 2. The Balaban J connectivity index is 1.62. The van der Waals surface area contributed by atoms with Crippen molar-refractivity contribution in [2.24, 2.45) is 27.9 Å². The molecule has 3 aromatic rings. The molecule has 0 saturated heterocycles. The van der Waals surface area contributed by atoms with Gasteiger partial charge in [-0.05, 0) is 43.4 Å². The molecular weight excluding hydrogens is 518 g/mol. The summed E-state index contributed by atoms with van der Waals surface area (Å²) < 4.78 is 0.670. The van der Waals surface area contributed by atoms with Gasteiger partial charge in [-0.25, -0.2) is 4.99 Å². The lowest BCUT2D eigenvalue weighted by atomic mass is 10.0. The van der Waals surface area contributed by atoms with Crippen molar-refractivity contribution in [1.82, 2.24) is 10.3 Å². The Morgan fingerprint density at radius 1 is 0.976 bits per heavy atom. The Labute approximate surface area is 242 Å². The topological polar surface area (TPSA) is 188 Å². The maximum atomic E-state index is 13.4. The molecule has 0 aliphatic carbocycles. The lowest BCUT2D eigenvalue weighted by molar-refractivity contribution is -0.907. The van der Waals surface area contributed by atoms with E-state index in [0.717, 1.165) is 36.1 Å². The van der Waals surface area contributed by atoms with E-state index in [4.69, 9.17) is 22.9 Å². The molecule has 2 amide bonds. The number of pyridine rings is 1. The quantitative estimate of drug-likeness (QED) is 0.0855. The van der Waals surface area contributed by atoms with E-state index in [1.807, 2.05) is 60.7 Å². The van der Waals surface area contributed by atoms with Gasteiger partial charge in [-0.15, -0.1) is 0 Å². The first kappa shape index (κ1) is 31.5. The lowest BCUT2D eigenvalue weighted by Crippen LogP contribution is -2.51. The van der Waals surface area contributed by atoms with Crippen LogP contribution in [-0.4, -0.2) is 79.1 Å². The Bertz CT molecular complexity index is 1300. The summed E-state index contributed by atoms with van der Waals surface area (Å²) in [6.45, 7) is 3.27. The molecule has 0 aliphatic heterocycles. The number of fused-ring (bicyclic) bond motifs is 1. The van der Waals surface area contributed by atoms with Crippen LogP contribution < -0.4 is 33.6 Å². The molecule has 41 heavy (non-hydrogen) atoms. The van der Waals surface area contributed by atoms with E-state index in [1.54, 1.807) is 6.20 Å². The fraction of sp³-hybridized carbons (Fsp3) is 0.400. The van der Waals surface area contributed by atoms with Gasteiger partial charge in [0.1, 0.15) is 6.04 Å². The maximum Gasteiger partial charge on any atom is 0.247 e. The number of carbonyl (C=O) groups excluding carboxylic acids is 2. The SMILES string of the molecule is C[N+](CCN)(CCC[C@H](N)C(=O)N[C@H](CCc1ccccc1)C(=O)Nc1cnc2ccccc2c1)CCN=C(N)N. The van der Waals surface area contributed by atoms with Crippen LogP contribution in [0.25, 0.3) is 10.9 Å². The zero-order valence-electron chi connectivity index (χ0n) is 23.8. The predicted molar refractivity (Wildman–Crippen MR) is 165 cm³/mol. The van der Waals surface area contributed by atoms with Crippen molar-refractivity contribution >= 4 is 34.4 Å². The number of hydrogen-bond donors (Lipinski definition) is 6. The molecule has 0 aliphatic rings. The normalized spacial score (nSPS) is 14.0. The molecule has 11 nitrogen and oxygen atoms in total. The van der Waals surface area contributed by atoms with E-state index < -0.39 is 12.1 Å². The summed E-state index contributed by atoms with van der Waals surface area (Å²) in [6, 6.07) is 17.9. The first-order chi connectivity index (χ1) is 19.7. The molecule has 10 N–H and O–H groups in total. The average Bonchev–Trinajstić information content (AvgIpc) is 2.95. The zero-order chi connectivity index (χ0) is 29.7. The number of nitrogens with zero attached hydrogens (tertiary/aromatic N) is 3. The van der Waals surface area contributed by atoms with E-state index in [1.165, 1.54) is 0 Å². The van der Waals surface area contributed by atoms with Crippen LogP contribution >= 0.6 is 0 Å². The molecule has 0 saturated carbocycles. The van der Waals surface area contributed by atoms with Gasteiger partial charge < -0.3 is 38.1 Å². The van der Waals surface area contributed by atoms with Gasteiger partial charge in [0.25, 0.3) is 0 Å². The second kappa shape index (κ2) is 15.7. The third-order valence-corrected chi connectivity index (χ3v) is 7.21. The van der Waals surface area contributed by atoms with Crippen LogP contribution in [0.2, 0.25) is 0 Å². The smallest absolute Gasteiger partial charge is 0.247 e. The van der Waals surface area contributed by atoms with Crippen LogP contribution in [0.3, 0.4) is 0 Å². The molecular formula is C30H44N9O2+. The number of carbonyl (C=O) groups is 2. The van der Waals surface area contributed by atoms with Crippen LogP contribution in [-0.2, 0) is 16.0 Å². The molecule has 220 valence electrons. The highest BCUT2D eigenvalue weighted by Gasteiger charge is 2.26. The Hall–Kier alpha value is -4.06. The number of rotatable bonds is 16. The number of nitrogens with two attached hydrogens (primary N) is 4. The Morgan fingerprint density at radius 3 is 2.44 bits per heavy atom. The van der Waals surface area contributed by atoms with Crippen LogP contribution in [0, 0.1) is 0 Å². The number of anilines is 1. The number of benzene rings is 2. The monoisotopic (exact) mass is 562 g/mol. The van der Waals surface area contributed by atoms with Gasteiger partial charge in [0.15, 0.2) is 5.96 Å². The summed E-state index contributed by atoms with van der Waals surface area (Å²) in [7, 11) is 2.09. The number of aryl methyl sites for hydroxylation is 1.